The van der Waals surface area contributed by atoms with Crippen molar-refractivity contribution in [2.24, 2.45) is 0 Å². The first-order chi connectivity index (χ1) is 12.9. The number of halogens is 1. The van der Waals surface area contributed by atoms with E-state index >= 15 is 0 Å². The van der Waals surface area contributed by atoms with Crippen molar-refractivity contribution in [3.8, 4) is 0 Å². The molecule has 3 aromatic rings. The Labute approximate surface area is 160 Å². The minimum Gasteiger partial charge on any atom is -0.314 e. The van der Waals surface area contributed by atoms with Crippen molar-refractivity contribution in [3.05, 3.63) is 45.2 Å². The monoisotopic (exact) mass is 387 g/mol. The smallest absolute Gasteiger partial charge is 0.269 e. The second kappa shape index (κ2) is 7.01. The van der Waals surface area contributed by atoms with Crippen molar-refractivity contribution < 1.29 is 9.18 Å². The Morgan fingerprint density at radius 1 is 1.41 bits per heavy atom. The zero-order valence-electron chi connectivity index (χ0n) is 15.5. The Morgan fingerprint density at radius 3 is 3.00 bits per heavy atom. The lowest BCUT2D eigenvalue weighted by Crippen LogP contribution is -2.34. The summed E-state index contributed by atoms with van der Waals surface area (Å²) in [5.41, 5.74) is 2.48. The molecule has 0 bridgehead atoms. The number of fused-ring (bicyclic) bond motifs is 1. The van der Waals surface area contributed by atoms with E-state index in [1.54, 1.807) is 16.8 Å². The van der Waals surface area contributed by atoms with Gasteiger partial charge in [0.1, 0.15) is 10.7 Å². The molecule has 2 N–H and O–H groups in total. The van der Waals surface area contributed by atoms with Gasteiger partial charge in [-0.05, 0) is 63.8 Å². The largest absolute Gasteiger partial charge is 0.314 e. The SMILES string of the molecule is Cc1cn2nc(NC(=O)c3sc([C@H]4CCN[C@@H](C)C4)cc3F)cc(C)c2n1. The van der Waals surface area contributed by atoms with Crippen molar-refractivity contribution in [1.29, 1.82) is 0 Å². The summed E-state index contributed by atoms with van der Waals surface area (Å²) in [6, 6.07) is 3.67. The third-order valence-electron chi connectivity index (χ3n) is 4.91. The number of carbonyl (C=O) groups excluding carboxylic acids is 1. The van der Waals surface area contributed by atoms with Crippen LogP contribution in [0.15, 0.2) is 18.3 Å². The van der Waals surface area contributed by atoms with Gasteiger partial charge in [-0.1, -0.05) is 0 Å². The van der Waals surface area contributed by atoms with Gasteiger partial charge in [0.15, 0.2) is 11.5 Å². The number of thiophene rings is 1. The van der Waals surface area contributed by atoms with Crippen LogP contribution in [0.4, 0.5) is 10.2 Å². The highest BCUT2D eigenvalue weighted by Crippen LogP contribution is 2.34. The van der Waals surface area contributed by atoms with E-state index in [1.807, 2.05) is 13.8 Å². The van der Waals surface area contributed by atoms with E-state index in [0.717, 1.165) is 41.2 Å². The molecule has 4 rings (SSSR count). The molecule has 0 saturated carbocycles. The van der Waals surface area contributed by atoms with E-state index in [1.165, 1.54) is 17.4 Å². The molecule has 0 radical (unpaired) electrons. The molecule has 3 aromatic heterocycles. The molecule has 0 aliphatic carbocycles. The highest BCUT2D eigenvalue weighted by Gasteiger charge is 2.25. The number of anilines is 1. The van der Waals surface area contributed by atoms with E-state index in [2.05, 4.69) is 27.6 Å². The maximum Gasteiger partial charge on any atom is 0.269 e. The van der Waals surface area contributed by atoms with Crippen LogP contribution in [0.2, 0.25) is 0 Å². The molecule has 0 unspecified atom stereocenters. The van der Waals surface area contributed by atoms with Crippen LogP contribution in [-0.2, 0) is 0 Å². The molecule has 8 heteroatoms. The van der Waals surface area contributed by atoms with Gasteiger partial charge in [-0.2, -0.15) is 0 Å². The average molecular weight is 387 g/mol. The van der Waals surface area contributed by atoms with Gasteiger partial charge < -0.3 is 10.6 Å². The first-order valence-corrected chi connectivity index (χ1v) is 9.90. The number of nitrogens with one attached hydrogen (secondary N) is 2. The quantitative estimate of drug-likeness (QED) is 0.720. The Morgan fingerprint density at radius 2 is 2.22 bits per heavy atom. The van der Waals surface area contributed by atoms with Crippen molar-refractivity contribution in [1.82, 2.24) is 19.9 Å². The maximum absolute atomic E-state index is 14.4. The van der Waals surface area contributed by atoms with Crippen LogP contribution >= 0.6 is 11.3 Å². The summed E-state index contributed by atoms with van der Waals surface area (Å²) in [4.78, 5) is 18.1. The van der Waals surface area contributed by atoms with Crippen LogP contribution < -0.4 is 10.6 Å². The lowest BCUT2D eigenvalue weighted by atomic mass is 9.92. The Bertz CT molecular complexity index is 1010. The number of imidazole rings is 1. The fourth-order valence-corrected chi connectivity index (χ4v) is 4.69. The summed E-state index contributed by atoms with van der Waals surface area (Å²) in [7, 11) is 0. The molecule has 1 amide bonds. The van der Waals surface area contributed by atoms with Crippen molar-refractivity contribution >= 4 is 28.7 Å². The van der Waals surface area contributed by atoms with Gasteiger partial charge in [-0.25, -0.2) is 13.9 Å². The molecule has 27 heavy (non-hydrogen) atoms. The maximum atomic E-state index is 14.4. The summed E-state index contributed by atoms with van der Waals surface area (Å²) in [5, 5.41) is 10.5. The molecule has 4 heterocycles. The Balaban J connectivity index is 1.56. The van der Waals surface area contributed by atoms with Gasteiger partial charge >= 0.3 is 0 Å². The van der Waals surface area contributed by atoms with Gasteiger partial charge in [-0.15, -0.1) is 16.4 Å². The van der Waals surface area contributed by atoms with Crippen LogP contribution in [0.3, 0.4) is 0 Å². The third-order valence-corrected chi connectivity index (χ3v) is 6.18. The van der Waals surface area contributed by atoms with Gasteiger partial charge in [-0.3, -0.25) is 4.79 Å². The van der Waals surface area contributed by atoms with Crippen molar-refractivity contribution in [3.63, 3.8) is 0 Å². The zero-order valence-corrected chi connectivity index (χ0v) is 16.4. The molecule has 1 fully saturated rings. The molecule has 6 nitrogen and oxygen atoms in total. The summed E-state index contributed by atoms with van der Waals surface area (Å²) in [6.45, 7) is 6.84. The van der Waals surface area contributed by atoms with E-state index < -0.39 is 11.7 Å². The number of piperidine rings is 1. The highest BCUT2D eigenvalue weighted by atomic mass is 32.1. The fourth-order valence-electron chi connectivity index (χ4n) is 3.61. The summed E-state index contributed by atoms with van der Waals surface area (Å²) in [6.07, 6.45) is 3.71. The lowest BCUT2D eigenvalue weighted by molar-refractivity contribution is 0.102. The number of nitrogens with zero attached hydrogens (tertiary/aromatic N) is 3. The van der Waals surface area contributed by atoms with Crippen molar-refractivity contribution in [2.75, 3.05) is 11.9 Å². The number of amides is 1. The van der Waals surface area contributed by atoms with E-state index in [0.29, 0.717) is 17.8 Å². The molecule has 1 aliphatic rings. The molecular weight excluding hydrogens is 365 g/mol. The van der Waals surface area contributed by atoms with Gasteiger partial charge in [0.2, 0.25) is 0 Å². The Hall–Kier alpha value is -2.32. The molecule has 142 valence electrons. The summed E-state index contributed by atoms with van der Waals surface area (Å²) < 4.78 is 16.1. The van der Waals surface area contributed by atoms with Crippen LogP contribution in [0.5, 0.6) is 0 Å². The van der Waals surface area contributed by atoms with E-state index in [9.17, 15) is 9.18 Å². The van der Waals surface area contributed by atoms with Gasteiger partial charge in [0.25, 0.3) is 5.91 Å². The number of hydrogen-bond donors (Lipinski definition) is 2. The minimum atomic E-state index is -0.464. The van der Waals surface area contributed by atoms with E-state index in [-0.39, 0.29) is 4.88 Å². The van der Waals surface area contributed by atoms with Crippen LogP contribution in [0, 0.1) is 19.7 Å². The fraction of sp³-hybridized carbons (Fsp3) is 0.421. The van der Waals surface area contributed by atoms with Crippen LogP contribution in [0.1, 0.15) is 51.5 Å². The van der Waals surface area contributed by atoms with Crippen molar-refractivity contribution in [2.45, 2.75) is 45.6 Å². The molecule has 0 aromatic carbocycles. The summed E-state index contributed by atoms with van der Waals surface area (Å²) in [5.74, 6) is -0.246. The molecule has 1 saturated heterocycles. The number of rotatable bonds is 3. The number of aromatic nitrogens is 3. The molecule has 0 spiro atoms. The highest BCUT2D eigenvalue weighted by molar-refractivity contribution is 7.14. The molecule has 2 atom stereocenters. The number of aryl methyl sites for hydroxylation is 2. The average Bonchev–Trinajstić information content (AvgIpc) is 3.17. The first kappa shape index (κ1) is 18.1. The third kappa shape index (κ3) is 3.59. The predicted octanol–water partition coefficient (Wildman–Crippen LogP) is 3.65. The Kier molecular flexibility index (Phi) is 4.69. The number of carbonyl (C=O) groups is 1. The van der Waals surface area contributed by atoms with Crippen LogP contribution in [0.25, 0.3) is 5.65 Å². The lowest BCUT2D eigenvalue weighted by Gasteiger charge is -2.27. The second-order valence-electron chi connectivity index (χ2n) is 7.22. The number of hydrogen-bond acceptors (Lipinski definition) is 5. The minimum absolute atomic E-state index is 0.109. The standard InChI is InChI=1S/C19H22FN5OS/c1-10-6-16(24-25-9-12(3)22-18(10)25)23-19(26)17-14(20)8-15(27-17)13-4-5-21-11(2)7-13/h6,8-9,11,13,21H,4-5,7H2,1-3H3,(H,23,24,26)/t11-,13-/m0/s1. The van der Waals surface area contributed by atoms with Gasteiger partial charge in [0, 0.05) is 10.9 Å². The van der Waals surface area contributed by atoms with Gasteiger partial charge in [0.05, 0.1) is 11.9 Å². The van der Waals surface area contributed by atoms with E-state index in [4.69, 9.17) is 0 Å². The second-order valence-corrected chi connectivity index (χ2v) is 8.30. The summed E-state index contributed by atoms with van der Waals surface area (Å²) >= 11 is 1.25. The first-order valence-electron chi connectivity index (χ1n) is 9.08. The van der Waals surface area contributed by atoms with Crippen LogP contribution in [-0.4, -0.2) is 33.1 Å². The molecule has 1 aliphatic heterocycles. The zero-order chi connectivity index (χ0) is 19.1. The molecular formula is C19H22FN5OS. The topological polar surface area (TPSA) is 71.3 Å². The normalized spacial score (nSPS) is 20.1. The predicted molar refractivity (Wildman–Crippen MR) is 104 cm³/mol.